The molecule has 2 aromatic rings. The van der Waals surface area contributed by atoms with Crippen LogP contribution in [0.1, 0.15) is 34.0 Å². The number of nitrogens with one attached hydrogen (secondary N) is 1. The zero-order valence-corrected chi connectivity index (χ0v) is 16.0. The minimum Gasteiger partial charge on any atom is -0.376 e. The van der Waals surface area contributed by atoms with Crippen molar-refractivity contribution < 1.29 is 23.1 Å². The van der Waals surface area contributed by atoms with Gasteiger partial charge in [-0.05, 0) is 84.3 Å². The first kappa shape index (κ1) is 19.7. The molecule has 7 heteroatoms. The second-order valence-corrected chi connectivity index (χ2v) is 7.26. The first-order chi connectivity index (χ1) is 11.4. The monoisotopic (exact) mass is 463 g/mol. The zero-order valence-electron chi connectivity index (χ0n) is 13.8. The zero-order chi connectivity index (χ0) is 19.0. The molecular formula is C18H17F3INO2. The predicted molar refractivity (Wildman–Crippen MR) is 98.7 cm³/mol. The minimum absolute atomic E-state index is 0.292. The molecule has 0 saturated carbocycles. The van der Waals surface area contributed by atoms with E-state index in [1.54, 1.807) is 0 Å². The summed E-state index contributed by atoms with van der Waals surface area (Å²) in [4.78, 5) is 12.5. The Labute approximate surface area is 157 Å². The lowest BCUT2D eigenvalue weighted by atomic mass is 9.95. The summed E-state index contributed by atoms with van der Waals surface area (Å²) >= 11 is 2.16. The fourth-order valence-electron chi connectivity index (χ4n) is 2.50. The van der Waals surface area contributed by atoms with Gasteiger partial charge in [-0.3, -0.25) is 4.79 Å². The number of halogens is 4. The lowest BCUT2D eigenvalue weighted by Crippen LogP contribution is -2.39. The van der Waals surface area contributed by atoms with Crippen LogP contribution in [0, 0.1) is 17.4 Å². The van der Waals surface area contributed by atoms with Gasteiger partial charge in [-0.25, -0.2) is 0 Å². The van der Waals surface area contributed by atoms with Crippen LogP contribution >= 0.6 is 22.6 Å². The van der Waals surface area contributed by atoms with Crippen molar-refractivity contribution in [2.75, 3.05) is 5.32 Å². The number of hydrogen-bond donors (Lipinski definition) is 2. The summed E-state index contributed by atoms with van der Waals surface area (Å²) in [5, 5.41) is 12.3. The van der Waals surface area contributed by atoms with Crippen molar-refractivity contribution in [3.05, 3.63) is 62.2 Å². The number of aryl methyl sites for hydroxylation is 2. The van der Waals surface area contributed by atoms with E-state index in [0.717, 1.165) is 26.8 Å². The van der Waals surface area contributed by atoms with Crippen LogP contribution in [0.25, 0.3) is 0 Å². The number of carbonyl (C=O) groups excluding carboxylic acids is 1. The number of rotatable bonds is 3. The molecule has 0 aromatic heterocycles. The van der Waals surface area contributed by atoms with Crippen LogP contribution in [0.15, 0.2) is 36.4 Å². The maximum Gasteiger partial charge on any atom is 0.421 e. The molecule has 3 nitrogen and oxygen atoms in total. The molecule has 0 aliphatic carbocycles. The Balaban J connectivity index is 2.24. The highest BCUT2D eigenvalue weighted by Gasteiger charge is 2.51. The molecule has 2 N–H and O–H groups in total. The normalized spacial score (nSPS) is 14.1. The largest absolute Gasteiger partial charge is 0.421 e. The van der Waals surface area contributed by atoms with Gasteiger partial charge in [0.1, 0.15) is 0 Å². The fourth-order valence-corrected chi connectivity index (χ4v) is 3.44. The summed E-state index contributed by atoms with van der Waals surface area (Å²) in [6.45, 7) is 4.35. The van der Waals surface area contributed by atoms with Crippen molar-refractivity contribution in [3.8, 4) is 0 Å². The highest BCUT2D eigenvalue weighted by atomic mass is 127. The van der Waals surface area contributed by atoms with Gasteiger partial charge in [0.25, 0.3) is 5.91 Å². The number of anilines is 1. The topological polar surface area (TPSA) is 49.3 Å². The van der Waals surface area contributed by atoms with Gasteiger partial charge < -0.3 is 10.4 Å². The van der Waals surface area contributed by atoms with Crippen LogP contribution < -0.4 is 5.32 Å². The second kappa shape index (κ2) is 6.95. The number of carbonyl (C=O) groups is 1. The maximum atomic E-state index is 12.9. The number of aliphatic hydroxyl groups is 1. The van der Waals surface area contributed by atoms with Crippen LogP contribution in [0.4, 0.5) is 18.9 Å². The molecule has 0 radical (unpaired) electrons. The van der Waals surface area contributed by atoms with Crippen LogP contribution in [-0.4, -0.2) is 17.2 Å². The van der Waals surface area contributed by atoms with E-state index in [1.165, 1.54) is 12.1 Å². The van der Waals surface area contributed by atoms with Crippen LogP contribution in [-0.2, 0) is 5.60 Å². The average Bonchev–Trinajstić information content (AvgIpc) is 2.45. The Morgan fingerprint density at radius 2 is 1.56 bits per heavy atom. The van der Waals surface area contributed by atoms with Crippen LogP contribution in [0.5, 0.6) is 0 Å². The Morgan fingerprint density at radius 3 is 2.00 bits per heavy atom. The molecule has 0 fully saturated rings. The van der Waals surface area contributed by atoms with E-state index in [-0.39, 0.29) is 11.5 Å². The third kappa shape index (κ3) is 4.14. The van der Waals surface area contributed by atoms with E-state index in [9.17, 15) is 23.1 Å². The lowest BCUT2D eigenvalue weighted by molar-refractivity contribution is -0.258. The van der Waals surface area contributed by atoms with Gasteiger partial charge in [-0.1, -0.05) is 12.1 Å². The molecule has 1 atom stereocenters. The Hall–Kier alpha value is -1.61. The number of hydrogen-bond acceptors (Lipinski definition) is 2. The second-order valence-electron chi connectivity index (χ2n) is 6.02. The number of benzene rings is 2. The summed E-state index contributed by atoms with van der Waals surface area (Å²) in [6.07, 6.45) is -4.78. The summed E-state index contributed by atoms with van der Waals surface area (Å²) in [6, 6.07) is 8.74. The van der Waals surface area contributed by atoms with Gasteiger partial charge in [0.2, 0.25) is 0 Å². The molecule has 0 saturated heterocycles. The molecule has 0 bridgehead atoms. The molecule has 134 valence electrons. The Kier molecular flexibility index (Phi) is 5.48. The Bertz CT molecular complexity index is 776. The molecule has 2 rings (SSSR count). The maximum absolute atomic E-state index is 12.9. The molecule has 2 aromatic carbocycles. The standard InChI is InChI=1S/C18H17F3INO2/c1-10-8-13(22)9-11(2)15(10)16(24)23-14-6-4-12(5-7-14)17(3,25)18(19,20)21/h4-9,25H,1-3H3,(H,23,24). The molecule has 0 aliphatic heterocycles. The average molecular weight is 463 g/mol. The highest BCUT2D eigenvalue weighted by molar-refractivity contribution is 14.1. The van der Waals surface area contributed by atoms with E-state index in [0.29, 0.717) is 18.2 Å². The van der Waals surface area contributed by atoms with Gasteiger partial charge >= 0.3 is 6.18 Å². The third-order valence-electron chi connectivity index (χ3n) is 3.98. The fraction of sp³-hybridized carbons (Fsp3) is 0.278. The molecule has 1 unspecified atom stereocenters. The quantitative estimate of drug-likeness (QED) is 0.635. The van der Waals surface area contributed by atoms with Gasteiger partial charge in [0.05, 0.1) is 0 Å². The van der Waals surface area contributed by atoms with Gasteiger partial charge in [-0.2, -0.15) is 13.2 Å². The van der Waals surface area contributed by atoms with E-state index in [1.807, 2.05) is 26.0 Å². The van der Waals surface area contributed by atoms with E-state index < -0.39 is 11.8 Å². The van der Waals surface area contributed by atoms with Crippen LogP contribution in [0.3, 0.4) is 0 Å². The molecule has 25 heavy (non-hydrogen) atoms. The number of amides is 1. The van der Waals surface area contributed by atoms with Crippen molar-refractivity contribution in [3.63, 3.8) is 0 Å². The molecule has 1 amide bonds. The first-order valence-electron chi connectivity index (χ1n) is 7.41. The summed E-state index contributed by atoms with van der Waals surface area (Å²) in [7, 11) is 0. The first-order valence-corrected chi connectivity index (χ1v) is 8.49. The van der Waals surface area contributed by atoms with Crippen molar-refractivity contribution >= 4 is 34.2 Å². The SMILES string of the molecule is Cc1cc(I)cc(C)c1C(=O)Nc1ccc(C(C)(O)C(F)(F)F)cc1. The van der Waals surface area contributed by atoms with E-state index in [2.05, 4.69) is 27.9 Å². The molecule has 0 heterocycles. The van der Waals surface area contributed by atoms with Gasteiger partial charge in [0, 0.05) is 14.8 Å². The lowest BCUT2D eigenvalue weighted by Gasteiger charge is -2.26. The van der Waals surface area contributed by atoms with E-state index >= 15 is 0 Å². The Morgan fingerprint density at radius 1 is 1.08 bits per heavy atom. The molecular weight excluding hydrogens is 446 g/mol. The molecule has 0 spiro atoms. The predicted octanol–water partition coefficient (Wildman–Crippen LogP) is 4.93. The molecule has 0 aliphatic rings. The number of alkyl halides is 3. The summed E-state index contributed by atoms with van der Waals surface area (Å²) < 4.78 is 39.6. The van der Waals surface area contributed by atoms with Crippen LogP contribution in [0.2, 0.25) is 0 Å². The highest BCUT2D eigenvalue weighted by Crippen LogP contribution is 2.38. The van der Waals surface area contributed by atoms with Crippen molar-refractivity contribution in [1.82, 2.24) is 0 Å². The third-order valence-corrected chi connectivity index (χ3v) is 4.60. The van der Waals surface area contributed by atoms with Crippen molar-refractivity contribution in [2.45, 2.75) is 32.5 Å². The van der Waals surface area contributed by atoms with Gasteiger partial charge in [0.15, 0.2) is 5.60 Å². The summed E-state index contributed by atoms with van der Waals surface area (Å²) in [5.74, 6) is -0.332. The van der Waals surface area contributed by atoms with Gasteiger partial charge in [-0.15, -0.1) is 0 Å². The van der Waals surface area contributed by atoms with Crippen molar-refractivity contribution in [1.29, 1.82) is 0 Å². The smallest absolute Gasteiger partial charge is 0.376 e. The van der Waals surface area contributed by atoms with Crippen molar-refractivity contribution in [2.24, 2.45) is 0 Å². The summed E-state index contributed by atoms with van der Waals surface area (Å²) in [5.41, 5.74) is -0.716. The minimum atomic E-state index is -4.78. The van der Waals surface area contributed by atoms with E-state index in [4.69, 9.17) is 0 Å².